The second kappa shape index (κ2) is 9.17. The number of nitrogens with one attached hydrogen (secondary N) is 3. The SMILES string of the molecule is CCNC(=NCc1c(C)nn(C)c1C)NCCC(=O)NC(C)C. The molecule has 0 atom stereocenters. The minimum absolute atomic E-state index is 0.0438. The number of hydrogen-bond donors (Lipinski definition) is 3. The highest BCUT2D eigenvalue weighted by molar-refractivity contribution is 5.81. The van der Waals surface area contributed by atoms with Crippen LogP contribution in [0.1, 0.15) is 44.1 Å². The van der Waals surface area contributed by atoms with Crippen molar-refractivity contribution in [2.75, 3.05) is 13.1 Å². The summed E-state index contributed by atoms with van der Waals surface area (Å²) in [6, 6.07) is 0.168. The molecule has 0 unspecified atom stereocenters. The molecule has 0 saturated carbocycles. The van der Waals surface area contributed by atoms with Crippen molar-refractivity contribution in [3.05, 3.63) is 17.0 Å². The van der Waals surface area contributed by atoms with E-state index in [2.05, 4.69) is 26.0 Å². The summed E-state index contributed by atoms with van der Waals surface area (Å²) in [7, 11) is 1.94. The number of hydrogen-bond acceptors (Lipinski definition) is 3. The molecule has 0 spiro atoms. The third kappa shape index (κ3) is 6.30. The summed E-state index contributed by atoms with van der Waals surface area (Å²) in [5, 5.41) is 13.7. The van der Waals surface area contributed by atoms with Gasteiger partial charge in [0.1, 0.15) is 0 Å². The Hall–Kier alpha value is -2.05. The summed E-state index contributed by atoms with van der Waals surface area (Å²) < 4.78 is 1.87. The van der Waals surface area contributed by atoms with E-state index in [1.807, 2.05) is 46.3 Å². The lowest BCUT2D eigenvalue weighted by Gasteiger charge is -2.12. The molecule has 3 N–H and O–H groups in total. The molecule has 1 aromatic heterocycles. The zero-order valence-corrected chi connectivity index (χ0v) is 15.2. The molecule has 0 aliphatic carbocycles. The van der Waals surface area contributed by atoms with Crippen molar-refractivity contribution in [3.8, 4) is 0 Å². The molecule has 1 aromatic rings. The highest BCUT2D eigenvalue weighted by atomic mass is 16.1. The van der Waals surface area contributed by atoms with E-state index in [0.29, 0.717) is 25.5 Å². The van der Waals surface area contributed by atoms with Gasteiger partial charge in [0, 0.05) is 43.9 Å². The Morgan fingerprint density at radius 3 is 2.52 bits per heavy atom. The van der Waals surface area contributed by atoms with E-state index in [9.17, 15) is 4.79 Å². The number of nitrogens with zero attached hydrogens (tertiary/aromatic N) is 3. The van der Waals surface area contributed by atoms with Crippen LogP contribution < -0.4 is 16.0 Å². The molecule has 0 aliphatic rings. The number of carbonyl (C=O) groups excluding carboxylic acids is 1. The minimum Gasteiger partial charge on any atom is -0.357 e. The Balaban J connectivity index is 2.58. The molecule has 0 aliphatic heterocycles. The third-order valence-corrected chi connectivity index (χ3v) is 3.49. The van der Waals surface area contributed by atoms with Gasteiger partial charge in [-0.15, -0.1) is 0 Å². The van der Waals surface area contributed by atoms with Gasteiger partial charge in [-0.05, 0) is 34.6 Å². The maximum absolute atomic E-state index is 11.6. The molecule has 130 valence electrons. The lowest BCUT2D eigenvalue weighted by atomic mass is 10.2. The third-order valence-electron chi connectivity index (χ3n) is 3.49. The maximum atomic E-state index is 11.6. The summed E-state index contributed by atoms with van der Waals surface area (Å²) in [5.74, 6) is 0.759. The van der Waals surface area contributed by atoms with Gasteiger partial charge in [0.05, 0.1) is 12.2 Å². The molecule has 23 heavy (non-hydrogen) atoms. The molecule has 1 rings (SSSR count). The van der Waals surface area contributed by atoms with E-state index in [1.54, 1.807) is 0 Å². The second-order valence-electron chi connectivity index (χ2n) is 5.87. The number of carbonyl (C=O) groups is 1. The van der Waals surface area contributed by atoms with Gasteiger partial charge in [-0.2, -0.15) is 5.10 Å². The van der Waals surface area contributed by atoms with Crippen molar-refractivity contribution in [1.82, 2.24) is 25.7 Å². The first-order valence-corrected chi connectivity index (χ1v) is 8.15. The van der Waals surface area contributed by atoms with Gasteiger partial charge >= 0.3 is 0 Å². The van der Waals surface area contributed by atoms with E-state index < -0.39 is 0 Å². The zero-order chi connectivity index (χ0) is 17.4. The van der Waals surface area contributed by atoms with E-state index in [-0.39, 0.29) is 11.9 Å². The quantitative estimate of drug-likeness (QED) is 0.517. The highest BCUT2D eigenvalue weighted by Gasteiger charge is 2.09. The summed E-state index contributed by atoms with van der Waals surface area (Å²) >= 11 is 0. The predicted molar refractivity (Wildman–Crippen MR) is 93.4 cm³/mol. The van der Waals surface area contributed by atoms with Crippen LogP contribution in [0.15, 0.2) is 4.99 Å². The average molecular weight is 322 g/mol. The first kappa shape index (κ1) is 19.0. The van der Waals surface area contributed by atoms with Crippen molar-refractivity contribution in [3.63, 3.8) is 0 Å². The van der Waals surface area contributed by atoms with Gasteiger partial charge in [-0.1, -0.05) is 0 Å². The molecule has 0 radical (unpaired) electrons. The van der Waals surface area contributed by atoms with E-state index in [4.69, 9.17) is 0 Å². The van der Waals surface area contributed by atoms with Gasteiger partial charge in [-0.3, -0.25) is 9.48 Å². The van der Waals surface area contributed by atoms with Gasteiger partial charge in [0.2, 0.25) is 5.91 Å². The molecule has 1 heterocycles. The first-order chi connectivity index (χ1) is 10.8. The Morgan fingerprint density at radius 1 is 1.30 bits per heavy atom. The number of aliphatic imine (C=N–C) groups is 1. The Bertz CT molecular complexity index is 547. The van der Waals surface area contributed by atoms with Gasteiger partial charge in [0.25, 0.3) is 0 Å². The summed E-state index contributed by atoms with van der Waals surface area (Å²) in [5.41, 5.74) is 3.27. The summed E-state index contributed by atoms with van der Waals surface area (Å²) in [4.78, 5) is 16.2. The van der Waals surface area contributed by atoms with Gasteiger partial charge < -0.3 is 16.0 Å². The van der Waals surface area contributed by atoms with E-state index in [0.717, 1.165) is 23.5 Å². The lowest BCUT2D eigenvalue weighted by molar-refractivity contribution is -0.121. The fourth-order valence-corrected chi connectivity index (χ4v) is 2.23. The van der Waals surface area contributed by atoms with Crippen LogP contribution in [0.2, 0.25) is 0 Å². The van der Waals surface area contributed by atoms with Crippen molar-refractivity contribution >= 4 is 11.9 Å². The predicted octanol–water partition coefficient (Wildman–Crippen LogP) is 1.01. The van der Waals surface area contributed by atoms with Crippen molar-refractivity contribution in [2.24, 2.45) is 12.0 Å². The van der Waals surface area contributed by atoms with Crippen LogP contribution >= 0.6 is 0 Å². The molecule has 1 amide bonds. The molecule has 7 heteroatoms. The number of aromatic nitrogens is 2. The highest BCUT2D eigenvalue weighted by Crippen LogP contribution is 2.12. The lowest BCUT2D eigenvalue weighted by Crippen LogP contribution is -2.40. The Morgan fingerprint density at radius 2 is 2.00 bits per heavy atom. The van der Waals surface area contributed by atoms with Crippen molar-refractivity contribution in [1.29, 1.82) is 0 Å². The second-order valence-corrected chi connectivity index (χ2v) is 5.87. The smallest absolute Gasteiger partial charge is 0.221 e. The fraction of sp³-hybridized carbons (Fsp3) is 0.688. The van der Waals surface area contributed by atoms with Crippen LogP contribution in [0.5, 0.6) is 0 Å². The number of guanidine groups is 1. The average Bonchev–Trinajstić information content (AvgIpc) is 2.69. The first-order valence-electron chi connectivity index (χ1n) is 8.15. The van der Waals surface area contributed by atoms with Crippen molar-refractivity contribution in [2.45, 2.75) is 53.6 Å². The van der Waals surface area contributed by atoms with Crippen LogP contribution in [-0.2, 0) is 18.4 Å². The summed E-state index contributed by atoms with van der Waals surface area (Å²) in [6.45, 7) is 11.9. The van der Waals surface area contributed by atoms with E-state index in [1.165, 1.54) is 0 Å². The summed E-state index contributed by atoms with van der Waals surface area (Å²) in [6.07, 6.45) is 0.424. The fourth-order valence-electron chi connectivity index (χ4n) is 2.23. The number of rotatable bonds is 7. The zero-order valence-electron chi connectivity index (χ0n) is 15.2. The molecular formula is C16H30N6O. The normalized spacial score (nSPS) is 11.7. The van der Waals surface area contributed by atoms with Gasteiger partial charge in [0.15, 0.2) is 5.96 Å². The van der Waals surface area contributed by atoms with Crippen LogP contribution in [0.4, 0.5) is 0 Å². The van der Waals surface area contributed by atoms with Crippen molar-refractivity contribution < 1.29 is 4.79 Å². The van der Waals surface area contributed by atoms with E-state index >= 15 is 0 Å². The van der Waals surface area contributed by atoms with Crippen LogP contribution in [0.3, 0.4) is 0 Å². The molecule has 0 saturated heterocycles. The standard InChI is InChI=1S/C16H30N6O/c1-7-17-16(18-9-8-15(23)20-11(2)3)19-10-14-12(4)21-22(6)13(14)5/h11H,7-10H2,1-6H3,(H,20,23)(H2,17,18,19). The largest absolute Gasteiger partial charge is 0.357 e. The molecule has 7 nitrogen and oxygen atoms in total. The topological polar surface area (TPSA) is 83.3 Å². The Labute approximate surface area is 138 Å². The molecule has 0 fully saturated rings. The Kier molecular flexibility index (Phi) is 7.57. The van der Waals surface area contributed by atoms with Gasteiger partial charge in [-0.25, -0.2) is 4.99 Å². The number of amides is 1. The molecule has 0 bridgehead atoms. The number of aryl methyl sites for hydroxylation is 2. The van der Waals surface area contributed by atoms with Crippen LogP contribution in [0, 0.1) is 13.8 Å². The maximum Gasteiger partial charge on any atom is 0.221 e. The van der Waals surface area contributed by atoms with Crippen LogP contribution in [-0.4, -0.2) is 40.8 Å². The van der Waals surface area contributed by atoms with Crippen LogP contribution in [0.25, 0.3) is 0 Å². The monoisotopic (exact) mass is 322 g/mol. The minimum atomic E-state index is 0.0438. The molecular weight excluding hydrogens is 292 g/mol. The molecule has 0 aromatic carbocycles.